The van der Waals surface area contributed by atoms with E-state index in [0.29, 0.717) is 31.4 Å². The van der Waals surface area contributed by atoms with Crippen LogP contribution >= 0.6 is 7.82 Å². The van der Waals surface area contributed by atoms with Gasteiger partial charge in [0, 0.05) is 38.0 Å². The number of carbonyl (C=O) groups excluding carboxylic acids is 5. The van der Waals surface area contributed by atoms with Crippen LogP contribution in [-0.4, -0.2) is 67.0 Å². The monoisotopic (exact) mass is 989 g/mol. The van der Waals surface area contributed by atoms with Gasteiger partial charge in [0.2, 0.25) is 5.91 Å². The standard InChI is InChI=1S/C55H93N2O11P/c1-3-5-7-9-11-13-15-17-19-21-23-25-27-29-31-36-54(61)65-46-50(68-55(62)37-32-30-28-26-24-22-20-18-16-14-12-10-8-6-4-2)47-67-69(63,64)66-45-44-56-51(58)35-33-34-48-38-40-49(41-39-48)57-52(59)42-43-53(57)60/h38-43,50H,3-37,44-47H2,1-2H3,(H,56,58)(H,63,64)/t50-/m1/s1. The second-order valence-electron chi connectivity index (χ2n) is 19.0. The summed E-state index contributed by atoms with van der Waals surface area (Å²) in [7, 11) is -4.61. The Morgan fingerprint density at radius 2 is 0.971 bits per heavy atom. The van der Waals surface area contributed by atoms with Crippen molar-refractivity contribution >= 4 is 43.2 Å². The molecule has 394 valence electrons. The SMILES string of the molecule is CCCCCCCCCCCCCCCCCC(=O)OC[C@H](COP(=O)(O)OCCNC(=O)CCCc1ccc(N2C(=O)C=CC2=O)cc1)OC(=O)CCCCCCCCCCCCCCCCC. The van der Waals surface area contributed by atoms with Crippen molar-refractivity contribution in [1.82, 2.24) is 5.32 Å². The number of nitrogens with one attached hydrogen (secondary N) is 1. The highest BCUT2D eigenvalue weighted by atomic mass is 31.2. The number of unbranched alkanes of at least 4 members (excludes halogenated alkanes) is 28. The quantitative estimate of drug-likeness (QED) is 0.0275. The number of phosphoric acid groups is 1. The van der Waals surface area contributed by atoms with E-state index in [4.69, 9.17) is 18.5 Å². The molecule has 13 nitrogen and oxygen atoms in total. The lowest BCUT2D eigenvalue weighted by molar-refractivity contribution is -0.161. The van der Waals surface area contributed by atoms with Gasteiger partial charge in [0.15, 0.2) is 6.10 Å². The Morgan fingerprint density at radius 1 is 0.551 bits per heavy atom. The second kappa shape index (κ2) is 41.3. The Morgan fingerprint density at radius 3 is 1.42 bits per heavy atom. The average molecular weight is 989 g/mol. The fraction of sp³-hybridized carbons (Fsp3) is 0.764. The van der Waals surface area contributed by atoms with Crippen LogP contribution in [0.3, 0.4) is 0 Å². The van der Waals surface area contributed by atoms with Gasteiger partial charge in [0.05, 0.1) is 18.9 Å². The van der Waals surface area contributed by atoms with Gasteiger partial charge >= 0.3 is 19.8 Å². The van der Waals surface area contributed by atoms with E-state index < -0.39 is 32.5 Å². The van der Waals surface area contributed by atoms with E-state index in [-0.39, 0.29) is 56.7 Å². The average Bonchev–Trinajstić information content (AvgIpc) is 3.67. The lowest BCUT2D eigenvalue weighted by Gasteiger charge is -2.20. The molecule has 0 saturated carbocycles. The fourth-order valence-electron chi connectivity index (χ4n) is 8.47. The van der Waals surface area contributed by atoms with Gasteiger partial charge in [0.1, 0.15) is 6.61 Å². The summed E-state index contributed by atoms with van der Waals surface area (Å²) in [5.74, 6) is -1.95. The van der Waals surface area contributed by atoms with Gasteiger partial charge in [-0.05, 0) is 43.4 Å². The maximum Gasteiger partial charge on any atom is 0.472 e. The lowest BCUT2D eigenvalue weighted by Crippen LogP contribution is -2.30. The Bertz CT molecular complexity index is 1590. The predicted octanol–water partition coefficient (Wildman–Crippen LogP) is 13.7. The number of esters is 2. The summed E-state index contributed by atoms with van der Waals surface area (Å²) < 4.78 is 34.1. The molecular weight excluding hydrogens is 896 g/mol. The maximum absolute atomic E-state index is 12.9. The van der Waals surface area contributed by atoms with E-state index in [1.165, 1.54) is 153 Å². The molecule has 0 saturated heterocycles. The van der Waals surface area contributed by atoms with Gasteiger partial charge in [-0.25, -0.2) is 9.46 Å². The van der Waals surface area contributed by atoms with Crippen molar-refractivity contribution in [3.05, 3.63) is 42.0 Å². The van der Waals surface area contributed by atoms with Crippen molar-refractivity contribution in [1.29, 1.82) is 0 Å². The summed E-state index contributed by atoms with van der Waals surface area (Å²) in [6.45, 7) is 3.34. The van der Waals surface area contributed by atoms with Crippen LogP contribution in [0.5, 0.6) is 0 Å². The molecule has 0 spiro atoms. The molecule has 0 radical (unpaired) electrons. The number of phosphoric ester groups is 1. The van der Waals surface area contributed by atoms with Crippen molar-refractivity contribution < 1.29 is 52.0 Å². The number of aryl methyl sites for hydroxylation is 1. The number of hydrogen-bond acceptors (Lipinski definition) is 10. The molecule has 2 atom stereocenters. The first-order valence-corrected chi connectivity index (χ1v) is 28.9. The summed E-state index contributed by atoms with van der Waals surface area (Å²) >= 11 is 0. The predicted molar refractivity (Wildman–Crippen MR) is 276 cm³/mol. The normalized spacial score (nSPS) is 13.8. The largest absolute Gasteiger partial charge is 0.472 e. The lowest BCUT2D eigenvalue weighted by atomic mass is 10.0. The minimum atomic E-state index is -4.61. The molecule has 1 unspecified atom stereocenters. The zero-order chi connectivity index (χ0) is 50.1. The van der Waals surface area contributed by atoms with Crippen LogP contribution in [0.4, 0.5) is 5.69 Å². The summed E-state index contributed by atoms with van der Waals surface area (Å²) in [6, 6.07) is 6.98. The number of carbonyl (C=O) groups is 5. The fourth-order valence-corrected chi connectivity index (χ4v) is 9.23. The zero-order valence-corrected chi connectivity index (χ0v) is 43.9. The smallest absolute Gasteiger partial charge is 0.462 e. The number of ether oxygens (including phenoxy) is 2. The van der Waals surface area contributed by atoms with Crippen LogP contribution in [0, 0.1) is 0 Å². The van der Waals surface area contributed by atoms with Crippen LogP contribution in [0.15, 0.2) is 36.4 Å². The number of imide groups is 1. The molecule has 2 N–H and O–H groups in total. The van der Waals surface area contributed by atoms with Gasteiger partial charge in [-0.3, -0.25) is 33.0 Å². The number of anilines is 1. The molecule has 1 aliphatic heterocycles. The third-order valence-corrected chi connectivity index (χ3v) is 13.7. The van der Waals surface area contributed by atoms with E-state index in [2.05, 4.69) is 19.2 Å². The molecule has 0 bridgehead atoms. The van der Waals surface area contributed by atoms with E-state index in [9.17, 15) is 33.4 Å². The minimum Gasteiger partial charge on any atom is -0.462 e. The van der Waals surface area contributed by atoms with Crippen LogP contribution < -0.4 is 10.2 Å². The highest BCUT2D eigenvalue weighted by Gasteiger charge is 2.27. The molecule has 1 aromatic carbocycles. The summed E-state index contributed by atoms with van der Waals surface area (Å²) in [4.78, 5) is 73.2. The second-order valence-corrected chi connectivity index (χ2v) is 20.5. The van der Waals surface area contributed by atoms with E-state index in [1.807, 2.05) is 0 Å². The van der Waals surface area contributed by atoms with Crippen LogP contribution in [-0.2, 0) is 53.5 Å². The molecule has 1 heterocycles. The van der Waals surface area contributed by atoms with Crippen LogP contribution in [0.25, 0.3) is 0 Å². The molecule has 69 heavy (non-hydrogen) atoms. The molecule has 14 heteroatoms. The molecule has 0 aliphatic carbocycles. The van der Waals surface area contributed by atoms with Crippen molar-refractivity contribution in [2.45, 2.75) is 245 Å². The maximum atomic E-state index is 12.9. The Labute approximate surface area is 417 Å². The zero-order valence-electron chi connectivity index (χ0n) is 43.0. The van der Waals surface area contributed by atoms with E-state index in [1.54, 1.807) is 24.3 Å². The number of nitrogens with zero attached hydrogens (tertiary/aromatic N) is 1. The molecule has 2 rings (SSSR count). The van der Waals surface area contributed by atoms with Gasteiger partial charge in [-0.2, -0.15) is 0 Å². The number of hydrogen-bond donors (Lipinski definition) is 2. The van der Waals surface area contributed by atoms with Gasteiger partial charge in [-0.1, -0.05) is 206 Å². The molecule has 0 fully saturated rings. The topological polar surface area (TPSA) is 175 Å². The van der Waals surface area contributed by atoms with Gasteiger partial charge in [0.25, 0.3) is 11.8 Å². The van der Waals surface area contributed by atoms with Crippen LogP contribution in [0.2, 0.25) is 0 Å². The van der Waals surface area contributed by atoms with Crippen molar-refractivity contribution in [2.24, 2.45) is 0 Å². The minimum absolute atomic E-state index is 0.0397. The number of benzene rings is 1. The summed E-state index contributed by atoms with van der Waals surface area (Å²) in [6.07, 6.45) is 39.7. The van der Waals surface area contributed by atoms with E-state index >= 15 is 0 Å². The van der Waals surface area contributed by atoms with Crippen molar-refractivity contribution in [3.8, 4) is 0 Å². The molecule has 0 aromatic heterocycles. The van der Waals surface area contributed by atoms with Crippen molar-refractivity contribution in [3.63, 3.8) is 0 Å². The van der Waals surface area contributed by atoms with E-state index in [0.717, 1.165) is 49.0 Å². The third kappa shape index (κ3) is 33.8. The van der Waals surface area contributed by atoms with Crippen LogP contribution in [0.1, 0.15) is 238 Å². The highest BCUT2D eigenvalue weighted by molar-refractivity contribution is 7.47. The number of rotatable bonds is 47. The Kier molecular flexibility index (Phi) is 36.9. The Hall–Kier alpha value is -3.38. The molecule has 1 aliphatic rings. The third-order valence-electron chi connectivity index (χ3n) is 12.7. The molecule has 3 amide bonds. The Balaban J connectivity index is 1.67. The first-order chi connectivity index (χ1) is 33.5. The number of amides is 3. The highest BCUT2D eigenvalue weighted by Crippen LogP contribution is 2.43. The first-order valence-electron chi connectivity index (χ1n) is 27.4. The molecule has 1 aromatic rings. The first kappa shape index (κ1) is 61.7. The van der Waals surface area contributed by atoms with Gasteiger partial charge in [-0.15, -0.1) is 0 Å². The van der Waals surface area contributed by atoms with Crippen molar-refractivity contribution in [2.75, 3.05) is 31.3 Å². The summed E-state index contributed by atoms with van der Waals surface area (Å²) in [5, 5.41) is 2.66. The van der Waals surface area contributed by atoms with Gasteiger partial charge < -0.3 is 19.7 Å². The summed E-state index contributed by atoms with van der Waals surface area (Å²) in [5.41, 5.74) is 1.41. The molecular formula is C55H93N2O11P.